The van der Waals surface area contributed by atoms with Crippen LogP contribution in [0.15, 0.2) is 0 Å². The average Bonchev–Trinajstić information content (AvgIpc) is 2.94. The van der Waals surface area contributed by atoms with Crippen molar-refractivity contribution < 1.29 is 0 Å². The van der Waals surface area contributed by atoms with Crippen LogP contribution in [0.1, 0.15) is 74.4 Å². The Hall–Kier alpha value is -0.410. The maximum absolute atomic E-state index is 5.12. The van der Waals surface area contributed by atoms with Crippen LogP contribution in [0.5, 0.6) is 0 Å². The Labute approximate surface area is 126 Å². The van der Waals surface area contributed by atoms with Crippen LogP contribution in [-0.2, 0) is 18.4 Å². The summed E-state index contributed by atoms with van der Waals surface area (Å²) in [4.78, 5) is 6.70. The molecule has 1 aromatic rings. The van der Waals surface area contributed by atoms with E-state index in [0.717, 1.165) is 6.04 Å². The number of nitrogens with one attached hydrogen (secondary N) is 1. The summed E-state index contributed by atoms with van der Waals surface area (Å²) in [5, 5.41) is 5.47. The summed E-state index contributed by atoms with van der Waals surface area (Å²) in [6.07, 6.45) is 11.9. The van der Waals surface area contributed by atoms with E-state index in [-0.39, 0.29) is 5.54 Å². The van der Waals surface area contributed by atoms with E-state index in [4.69, 9.17) is 4.98 Å². The third kappa shape index (κ3) is 1.97. The second-order valence-corrected chi connectivity index (χ2v) is 8.74. The predicted molar refractivity (Wildman–Crippen MR) is 84.2 cm³/mol. The van der Waals surface area contributed by atoms with E-state index < -0.39 is 0 Å². The van der Waals surface area contributed by atoms with Gasteiger partial charge in [-0.2, -0.15) is 0 Å². The van der Waals surface area contributed by atoms with Crippen molar-refractivity contribution in [3.05, 3.63) is 15.6 Å². The first-order chi connectivity index (χ1) is 9.61. The zero-order chi connectivity index (χ0) is 13.8. The fourth-order valence-electron chi connectivity index (χ4n) is 4.18. The summed E-state index contributed by atoms with van der Waals surface area (Å²) >= 11 is 2.03. The highest BCUT2D eigenvalue weighted by atomic mass is 32.1. The van der Waals surface area contributed by atoms with Gasteiger partial charge in [-0.3, -0.25) is 0 Å². The van der Waals surface area contributed by atoms with Crippen LogP contribution >= 0.6 is 11.3 Å². The molecule has 0 bridgehead atoms. The van der Waals surface area contributed by atoms with Crippen LogP contribution in [0.2, 0.25) is 0 Å². The third-order valence-corrected chi connectivity index (χ3v) is 7.07. The fraction of sp³-hybridized carbons (Fsp3) is 0.824. The zero-order valence-corrected chi connectivity index (χ0v) is 13.6. The van der Waals surface area contributed by atoms with Crippen LogP contribution in [0.3, 0.4) is 0 Å². The summed E-state index contributed by atoms with van der Waals surface area (Å²) in [5.41, 5.74) is 1.91. The number of rotatable bonds is 3. The third-order valence-electron chi connectivity index (χ3n) is 5.75. The van der Waals surface area contributed by atoms with E-state index in [1.54, 1.807) is 4.88 Å². The summed E-state index contributed by atoms with van der Waals surface area (Å²) in [7, 11) is 0. The minimum atomic E-state index is 0.154. The van der Waals surface area contributed by atoms with Crippen molar-refractivity contribution in [1.29, 1.82) is 0 Å². The smallest absolute Gasteiger partial charge is 0.114 e. The number of thiazole rings is 1. The first-order valence-corrected chi connectivity index (χ1v) is 9.19. The van der Waals surface area contributed by atoms with Crippen LogP contribution in [0, 0.1) is 5.41 Å². The Balaban J connectivity index is 1.76. The van der Waals surface area contributed by atoms with Crippen LogP contribution in [0.4, 0.5) is 0 Å². The molecule has 2 saturated carbocycles. The molecule has 1 aromatic heterocycles. The van der Waals surface area contributed by atoms with Gasteiger partial charge in [0.2, 0.25) is 0 Å². The molecule has 3 heteroatoms. The molecule has 0 aromatic carbocycles. The van der Waals surface area contributed by atoms with E-state index in [1.165, 1.54) is 68.5 Å². The second-order valence-electron chi connectivity index (χ2n) is 7.66. The lowest BCUT2D eigenvalue weighted by Crippen LogP contribution is -2.55. The molecule has 1 unspecified atom stereocenters. The lowest BCUT2D eigenvalue weighted by atomic mass is 9.63. The van der Waals surface area contributed by atoms with Crippen molar-refractivity contribution in [2.24, 2.45) is 5.41 Å². The standard InChI is InChI=1S/C17H26N2S/c1-16(2)10-3-4-11-17(16,19-12-8-9-12)15-18-13-6-5-7-14(13)20-15/h12,19H,3-11H2,1-2H3. The quantitative estimate of drug-likeness (QED) is 0.903. The van der Waals surface area contributed by atoms with Gasteiger partial charge < -0.3 is 5.32 Å². The van der Waals surface area contributed by atoms with E-state index in [2.05, 4.69) is 19.2 Å². The minimum absolute atomic E-state index is 0.154. The molecule has 4 rings (SSSR count). The van der Waals surface area contributed by atoms with Crippen molar-refractivity contribution in [3.63, 3.8) is 0 Å². The lowest BCUT2D eigenvalue weighted by molar-refractivity contribution is 0.0569. The topological polar surface area (TPSA) is 24.9 Å². The molecule has 110 valence electrons. The van der Waals surface area contributed by atoms with Gasteiger partial charge in [-0.1, -0.05) is 26.7 Å². The zero-order valence-electron chi connectivity index (χ0n) is 12.8. The van der Waals surface area contributed by atoms with Gasteiger partial charge in [0.15, 0.2) is 0 Å². The van der Waals surface area contributed by atoms with Gasteiger partial charge in [-0.05, 0) is 50.4 Å². The molecule has 3 aliphatic carbocycles. The molecule has 20 heavy (non-hydrogen) atoms. The maximum atomic E-state index is 5.12. The number of hydrogen-bond donors (Lipinski definition) is 1. The van der Waals surface area contributed by atoms with Gasteiger partial charge in [0.1, 0.15) is 5.01 Å². The molecule has 3 aliphatic rings. The van der Waals surface area contributed by atoms with E-state index in [9.17, 15) is 0 Å². The molecular formula is C17H26N2S. The van der Waals surface area contributed by atoms with E-state index in [0.29, 0.717) is 5.41 Å². The Bertz CT molecular complexity index is 494. The number of nitrogens with zero attached hydrogens (tertiary/aromatic N) is 1. The van der Waals surface area contributed by atoms with Crippen molar-refractivity contribution in [2.45, 2.75) is 83.2 Å². The SMILES string of the molecule is CC1(C)CCCCC1(NC1CC1)c1nc2c(s1)CCC2. The Kier molecular flexibility index (Phi) is 3.01. The van der Waals surface area contributed by atoms with Gasteiger partial charge in [-0.15, -0.1) is 11.3 Å². The summed E-state index contributed by atoms with van der Waals surface area (Å²) in [6.45, 7) is 4.93. The molecule has 0 radical (unpaired) electrons. The highest BCUT2D eigenvalue weighted by molar-refractivity contribution is 7.12. The van der Waals surface area contributed by atoms with Crippen molar-refractivity contribution >= 4 is 11.3 Å². The average molecular weight is 290 g/mol. The molecule has 1 heterocycles. The first-order valence-electron chi connectivity index (χ1n) is 8.37. The number of aromatic nitrogens is 1. The Morgan fingerprint density at radius 3 is 2.60 bits per heavy atom. The minimum Gasteiger partial charge on any atom is -0.302 e. The first kappa shape index (κ1) is 13.3. The molecule has 0 spiro atoms. The van der Waals surface area contributed by atoms with Crippen LogP contribution < -0.4 is 5.32 Å². The van der Waals surface area contributed by atoms with Crippen molar-refractivity contribution in [2.75, 3.05) is 0 Å². The normalized spacial score (nSPS) is 32.3. The second kappa shape index (κ2) is 4.54. The summed E-state index contributed by atoms with van der Waals surface area (Å²) in [6, 6.07) is 0.756. The monoisotopic (exact) mass is 290 g/mol. The van der Waals surface area contributed by atoms with Gasteiger partial charge in [0.05, 0.1) is 11.2 Å². The molecule has 2 fully saturated rings. The van der Waals surface area contributed by atoms with Crippen molar-refractivity contribution in [1.82, 2.24) is 10.3 Å². The molecular weight excluding hydrogens is 264 g/mol. The Morgan fingerprint density at radius 1 is 1.10 bits per heavy atom. The van der Waals surface area contributed by atoms with Crippen LogP contribution in [0.25, 0.3) is 0 Å². The lowest BCUT2D eigenvalue weighted by Gasteiger charge is -2.50. The predicted octanol–water partition coefficient (Wildman–Crippen LogP) is 4.18. The Morgan fingerprint density at radius 2 is 1.90 bits per heavy atom. The number of fused-ring (bicyclic) bond motifs is 1. The van der Waals surface area contributed by atoms with Gasteiger partial charge >= 0.3 is 0 Å². The van der Waals surface area contributed by atoms with Crippen molar-refractivity contribution in [3.8, 4) is 0 Å². The molecule has 0 amide bonds. The largest absolute Gasteiger partial charge is 0.302 e. The molecule has 0 aliphatic heterocycles. The highest BCUT2D eigenvalue weighted by Crippen LogP contribution is 2.53. The maximum Gasteiger partial charge on any atom is 0.114 e. The van der Waals surface area contributed by atoms with E-state index in [1.807, 2.05) is 11.3 Å². The van der Waals surface area contributed by atoms with Gasteiger partial charge in [0, 0.05) is 10.9 Å². The van der Waals surface area contributed by atoms with E-state index >= 15 is 0 Å². The van der Waals surface area contributed by atoms with Gasteiger partial charge in [-0.25, -0.2) is 4.98 Å². The van der Waals surface area contributed by atoms with Crippen LogP contribution in [-0.4, -0.2) is 11.0 Å². The fourth-order valence-corrected chi connectivity index (χ4v) is 5.70. The molecule has 1 N–H and O–H groups in total. The highest BCUT2D eigenvalue weighted by Gasteiger charge is 2.52. The molecule has 1 atom stereocenters. The number of hydrogen-bond acceptors (Lipinski definition) is 3. The van der Waals surface area contributed by atoms with Gasteiger partial charge in [0.25, 0.3) is 0 Å². The molecule has 2 nitrogen and oxygen atoms in total. The number of aryl methyl sites for hydroxylation is 2. The summed E-state index contributed by atoms with van der Waals surface area (Å²) in [5.74, 6) is 0. The summed E-state index contributed by atoms with van der Waals surface area (Å²) < 4.78 is 0. The molecule has 0 saturated heterocycles.